The molecule has 0 radical (unpaired) electrons. The Labute approximate surface area is 106 Å². The SMILES string of the molecule is CC1(C)C(O)CC1NC(=O)c1cccc(C#N)c1. The van der Waals surface area contributed by atoms with Crippen LogP contribution in [0.25, 0.3) is 0 Å². The van der Waals surface area contributed by atoms with E-state index in [4.69, 9.17) is 5.26 Å². The number of rotatable bonds is 2. The van der Waals surface area contributed by atoms with Crippen molar-refractivity contribution in [2.75, 3.05) is 0 Å². The van der Waals surface area contributed by atoms with Crippen LogP contribution in [-0.4, -0.2) is 23.2 Å². The molecule has 1 fully saturated rings. The second-order valence-electron chi connectivity index (χ2n) is 5.29. The molecule has 4 heteroatoms. The minimum Gasteiger partial charge on any atom is -0.392 e. The lowest BCUT2D eigenvalue weighted by molar-refractivity contribution is -0.0689. The topological polar surface area (TPSA) is 73.1 Å². The Balaban J connectivity index is 2.07. The van der Waals surface area contributed by atoms with Crippen molar-refractivity contribution >= 4 is 5.91 Å². The van der Waals surface area contributed by atoms with E-state index in [-0.39, 0.29) is 23.5 Å². The normalized spacial score (nSPS) is 24.8. The molecule has 0 heterocycles. The van der Waals surface area contributed by atoms with Gasteiger partial charge < -0.3 is 10.4 Å². The molecule has 94 valence electrons. The molecule has 2 N–H and O–H groups in total. The zero-order chi connectivity index (χ0) is 13.3. The largest absolute Gasteiger partial charge is 0.392 e. The number of amides is 1. The fraction of sp³-hybridized carbons (Fsp3) is 0.429. The molecule has 18 heavy (non-hydrogen) atoms. The Hall–Kier alpha value is -1.86. The van der Waals surface area contributed by atoms with Crippen LogP contribution < -0.4 is 5.32 Å². The van der Waals surface area contributed by atoms with Crippen LogP contribution in [0.3, 0.4) is 0 Å². The Morgan fingerprint density at radius 1 is 1.56 bits per heavy atom. The van der Waals surface area contributed by atoms with Crippen LogP contribution in [0.5, 0.6) is 0 Å². The van der Waals surface area contributed by atoms with Crippen LogP contribution in [0.1, 0.15) is 36.2 Å². The number of hydrogen-bond acceptors (Lipinski definition) is 3. The Bertz CT molecular complexity index is 517. The van der Waals surface area contributed by atoms with Crippen molar-refractivity contribution in [1.29, 1.82) is 5.26 Å². The van der Waals surface area contributed by atoms with Crippen molar-refractivity contribution in [3.05, 3.63) is 35.4 Å². The molecule has 0 aliphatic heterocycles. The number of carbonyl (C=O) groups excluding carboxylic acids is 1. The van der Waals surface area contributed by atoms with Gasteiger partial charge in [-0.15, -0.1) is 0 Å². The van der Waals surface area contributed by atoms with Crippen LogP contribution >= 0.6 is 0 Å². The minimum absolute atomic E-state index is 0.0225. The summed E-state index contributed by atoms with van der Waals surface area (Å²) in [6, 6.07) is 8.58. The third-order valence-electron chi connectivity index (χ3n) is 3.78. The molecule has 2 atom stereocenters. The molecule has 1 aliphatic carbocycles. The molecule has 2 rings (SSSR count). The summed E-state index contributed by atoms with van der Waals surface area (Å²) < 4.78 is 0. The van der Waals surface area contributed by atoms with E-state index in [2.05, 4.69) is 5.32 Å². The van der Waals surface area contributed by atoms with E-state index in [1.54, 1.807) is 24.3 Å². The third kappa shape index (κ3) is 2.09. The van der Waals surface area contributed by atoms with Crippen molar-refractivity contribution in [1.82, 2.24) is 5.32 Å². The first kappa shape index (κ1) is 12.6. The van der Waals surface area contributed by atoms with Gasteiger partial charge in [-0.3, -0.25) is 4.79 Å². The molecule has 1 aromatic rings. The van der Waals surface area contributed by atoms with Crippen LogP contribution in [0.4, 0.5) is 0 Å². The van der Waals surface area contributed by atoms with E-state index in [1.807, 2.05) is 19.9 Å². The molecule has 0 aromatic heterocycles. The van der Waals surface area contributed by atoms with Gasteiger partial charge in [0.1, 0.15) is 0 Å². The van der Waals surface area contributed by atoms with Gasteiger partial charge >= 0.3 is 0 Å². The van der Waals surface area contributed by atoms with E-state index < -0.39 is 0 Å². The van der Waals surface area contributed by atoms with Gasteiger partial charge in [-0.25, -0.2) is 0 Å². The van der Waals surface area contributed by atoms with E-state index in [0.29, 0.717) is 17.5 Å². The number of nitrogens with one attached hydrogen (secondary N) is 1. The minimum atomic E-state index is -0.367. The van der Waals surface area contributed by atoms with Crippen molar-refractivity contribution in [2.45, 2.75) is 32.4 Å². The fourth-order valence-electron chi connectivity index (χ4n) is 2.12. The van der Waals surface area contributed by atoms with Gasteiger partial charge in [0.15, 0.2) is 0 Å². The highest BCUT2D eigenvalue weighted by atomic mass is 16.3. The first-order chi connectivity index (χ1) is 8.45. The molecular formula is C14H16N2O2. The van der Waals surface area contributed by atoms with Gasteiger partial charge in [0.05, 0.1) is 17.7 Å². The summed E-state index contributed by atoms with van der Waals surface area (Å²) in [4.78, 5) is 12.0. The molecule has 1 saturated carbocycles. The lowest BCUT2D eigenvalue weighted by Crippen LogP contribution is -2.61. The Morgan fingerprint density at radius 3 is 2.83 bits per heavy atom. The summed E-state index contributed by atoms with van der Waals surface area (Å²) in [5.74, 6) is -0.197. The first-order valence-corrected chi connectivity index (χ1v) is 5.94. The number of benzene rings is 1. The average Bonchev–Trinajstić information content (AvgIpc) is 2.38. The molecule has 2 unspecified atom stereocenters. The molecule has 1 aliphatic rings. The molecule has 0 saturated heterocycles. The lowest BCUT2D eigenvalue weighted by atomic mass is 9.64. The predicted octanol–water partition coefficient (Wildman–Crippen LogP) is 1.45. The number of aliphatic hydroxyl groups is 1. The molecule has 0 bridgehead atoms. The summed E-state index contributed by atoms with van der Waals surface area (Å²) in [6.07, 6.45) is 0.213. The number of nitriles is 1. The van der Waals surface area contributed by atoms with Gasteiger partial charge in [0.25, 0.3) is 5.91 Å². The molecular weight excluding hydrogens is 228 g/mol. The van der Waals surface area contributed by atoms with Crippen molar-refractivity contribution in [3.63, 3.8) is 0 Å². The van der Waals surface area contributed by atoms with Crippen molar-refractivity contribution in [2.24, 2.45) is 5.41 Å². The highest BCUT2D eigenvalue weighted by molar-refractivity contribution is 5.94. The maximum Gasteiger partial charge on any atom is 0.251 e. The molecule has 1 amide bonds. The zero-order valence-corrected chi connectivity index (χ0v) is 10.5. The molecule has 0 spiro atoms. The van der Waals surface area contributed by atoms with E-state index in [1.165, 1.54) is 0 Å². The highest BCUT2D eigenvalue weighted by Crippen LogP contribution is 2.40. The van der Waals surface area contributed by atoms with Crippen molar-refractivity contribution < 1.29 is 9.90 Å². The van der Waals surface area contributed by atoms with Gasteiger partial charge in [0.2, 0.25) is 0 Å². The summed E-state index contributed by atoms with van der Waals surface area (Å²) in [5, 5.41) is 21.3. The van der Waals surface area contributed by atoms with E-state index >= 15 is 0 Å². The van der Waals surface area contributed by atoms with Gasteiger partial charge in [-0.1, -0.05) is 19.9 Å². The number of carbonyl (C=O) groups is 1. The maximum absolute atomic E-state index is 12.0. The zero-order valence-electron chi connectivity index (χ0n) is 10.5. The summed E-state index contributed by atoms with van der Waals surface area (Å²) in [6.45, 7) is 3.86. The Kier molecular flexibility index (Phi) is 3.10. The molecule has 1 aromatic carbocycles. The first-order valence-electron chi connectivity index (χ1n) is 5.94. The van der Waals surface area contributed by atoms with Crippen LogP contribution in [0, 0.1) is 16.7 Å². The molecule has 4 nitrogen and oxygen atoms in total. The van der Waals surface area contributed by atoms with Crippen LogP contribution in [0.15, 0.2) is 24.3 Å². The van der Waals surface area contributed by atoms with E-state index in [0.717, 1.165) is 0 Å². The second kappa shape index (κ2) is 4.43. The quantitative estimate of drug-likeness (QED) is 0.827. The monoisotopic (exact) mass is 244 g/mol. The van der Waals surface area contributed by atoms with Gasteiger partial charge in [0, 0.05) is 17.0 Å². The smallest absolute Gasteiger partial charge is 0.251 e. The standard InChI is InChI=1S/C14H16N2O2/c1-14(2)11(7-12(14)17)16-13(18)10-5-3-4-9(6-10)8-15/h3-6,11-12,17H,7H2,1-2H3,(H,16,18). The van der Waals surface area contributed by atoms with Gasteiger partial charge in [-0.05, 0) is 24.6 Å². The average molecular weight is 244 g/mol. The third-order valence-corrected chi connectivity index (χ3v) is 3.78. The summed E-state index contributed by atoms with van der Waals surface area (Å²) in [7, 11) is 0. The number of nitrogens with zero attached hydrogens (tertiary/aromatic N) is 1. The summed E-state index contributed by atoms with van der Waals surface area (Å²) >= 11 is 0. The second-order valence-corrected chi connectivity index (χ2v) is 5.29. The van der Waals surface area contributed by atoms with Crippen LogP contribution in [0.2, 0.25) is 0 Å². The Morgan fingerprint density at radius 2 is 2.28 bits per heavy atom. The number of aliphatic hydroxyl groups excluding tert-OH is 1. The van der Waals surface area contributed by atoms with E-state index in [9.17, 15) is 9.90 Å². The summed E-state index contributed by atoms with van der Waals surface area (Å²) in [5.41, 5.74) is 0.657. The highest BCUT2D eigenvalue weighted by Gasteiger charge is 2.47. The van der Waals surface area contributed by atoms with Crippen molar-refractivity contribution in [3.8, 4) is 6.07 Å². The lowest BCUT2D eigenvalue weighted by Gasteiger charge is -2.49. The number of hydrogen-bond donors (Lipinski definition) is 2. The predicted molar refractivity (Wildman–Crippen MR) is 66.8 cm³/mol. The van der Waals surface area contributed by atoms with Crippen LogP contribution in [-0.2, 0) is 0 Å². The fourth-order valence-corrected chi connectivity index (χ4v) is 2.12. The van der Waals surface area contributed by atoms with Gasteiger partial charge in [-0.2, -0.15) is 5.26 Å². The maximum atomic E-state index is 12.0.